The third kappa shape index (κ3) is 8.71. The number of nitriles is 1. The fourth-order valence-electron chi connectivity index (χ4n) is 3.61. The van der Waals surface area contributed by atoms with Gasteiger partial charge >= 0.3 is 0 Å². The van der Waals surface area contributed by atoms with Crippen LogP contribution in [-0.4, -0.2) is 33.8 Å². The van der Waals surface area contributed by atoms with Gasteiger partial charge in [-0.15, -0.1) is 0 Å². The summed E-state index contributed by atoms with van der Waals surface area (Å²) in [5.74, 6) is 0. The molecule has 0 fully saturated rings. The van der Waals surface area contributed by atoms with Gasteiger partial charge in [-0.25, -0.2) is 9.67 Å². The van der Waals surface area contributed by atoms with Crippen LogP contribution in [0.5, 0.6) is 0 Å². The van der Waals surface area contributed by atoms with E-state index in [0.717, 1.165) is 33.5 Å². The molecule has 0 aliphatic carbocycles. The molecule has 0 unspecified atom stereocenters. The quantitative estimate of drug-likeness (QED) is 0.256. The lowest BCUT2D eigenvalue weighted by Gasteiger charge is -2.13. The Kier molecular flexibility index (Phi) is 13.2. The molecule has 10 heteroatoms. The fraction of sp³-hybridized carbons (Fsp3) is 0.161. The maximum atomic E-state index is 8.97. The Morgan fingerprint density at radius 2 is 1.59 bits per heavy atom. The number of aryl methyl sites for hydroxylation is 2. The Morgan fingerprint density at radius 1 is 0.951 bits per heavy atom. The molecule has 9 nitrogen and oxygen atoms in total. The summed E-state index contributed by atoms with van der Waals surface area (Å²) in [4.78, 5) is 12.2. The molecule has 0 spiro atoms. The van der Waals surface area contributed by atoms with Gasteiger partial charge < -0.3 is 14.7 Å². The standard InChI is InChI=1S/C18H15ClN6.C10H9NO.C2H6.CH2O/c1-21-24-18-17(13-5-8-15(9-20)22-10-13)16(11-23-25(18)2)12-3-6-14(19)7-4-12;1-8-2-4-9(5-3-8)10-6-7-12-11-10;2*1-2/h3-8,10-11,21H,1-2H3;2-7H,1H3;1-2H3;1H2/b24-18-;;;. The number of pyridine rings is 1. The minimum atomic E-state index is 0.363. The van der Waals surface area contributed by atoms with Crippen molar-refractivity contribution in [2.45, 2.75) is 20.8 Å². The predicted molar refractivity (Wildman–Crippen MR) is 161 cm³/mol. The molecule has 5 aromatic rings. The summed E-state index contributed by atoms with van der Waals surface area (Å²) in [5.41, 5.74) is 10.6. The van der Waals surface area contributed by atoms with E-state index < -0.39 is 0 Å². The van der Waals surface area contributed by atoms with Crippen molar-refractivity contribution in [3.05, 3.63) is 107 Å². The lowest BCUT2D eigenvalue weighted by Crippen LogP contribution is -2.26. The molecule has 3 aromatic heterocycles. The molecule has 5 rings (SSSR count). The Morgan fingerprint density at radius 3 is 2.12 bits per heavy atom. The monoisotopic (exact) mass is 569 g/mol. The van der Waals surface area contributed by atoms with Crippen molar-refractivity contribution in [3.8, 4) is 39.6 Å². The summed E-state index contributed by atoms with van der Waals surface area (Å²) in [5, 5.41) is 22.2. The number of hydrogen-bond donors (Lipinski definition) is 1. The molecule has 0 radical (unpaired) electrons. The van der Waals surface area contributed by atoms with Crippen LogP contribution in [0.3, 0.4) is 0 Å². The van der Waals surface area contributed by atoms with Crippen LogP contribution in [0.25, 0.3) is 33.5 Å². The van der Waals surface area contributed by atoms with Gasteiger partial charge in [0.2, 0.25) is 0 Å². The van der Waals surface area contributed by atoms with Gasteiger partial charge in [-0.2, -0.15) is 15.5 Å². The van der Waals surface area contributed by atoms with Gasteiger partial charge in [-0.1, -0.05) is 72.6 Å². The highest BCUT2D eigenvalue weighted by Gasteiger charge is 2.14. The van der Waals surface area contributed by atoms with Crippen LogP contribution in [0.4, 0.5) is 0 Å². The van der Waals surface area contributed by atoms with Gasteiger partial charge in [-0.3, -0.25) is 0 Å². The molecule has 0 aliphatic rings. The number of aromatic nitrogens is 4. The second kappa shape index (κ2) is 16.8. The Labute approximate surface area is 244 Å². The smallest absolute Gasteiger partial charge is 0.176 e. The Balaban J connectivity index is 0.000000306. The van der Waals surface area contributed by atoms with E-state index in [2.05, 4.69) is 44.8 Å². The molecule has 3 heterocycles. The van der Waals surface area contributed by atoms with Crippen LogP contribution in [-0.2, 0) is 11.8 Å². The number of nitrogens with one attached hydrogen (secondary N) is 1. The first-order valence-electron chi connectivity index (χ1n) is 12.7. The number of carbonyl (C=O) groups is 1. The molecule has 2 aromatic carbocycles. The first kappa shape index (κ1) is 32.1. The molecule has 210 valence electrons. The van der Waals surface area contributed by atoms with Crippen molar-refractivity contribution in [1.82, 2.24) is 25.3 Å². The molecule has 0 amide bonds. The van der Waals surface area contributed by atoms with Crippen LogP contribution in [0.1, 0.15) is 25.1 Å². The molecule has 1 N–H and O–H groups in total. The summed E-state index contributed by atoms with van der Waals surface area (Å²) >= 11 is 6.01. The summed E-state index contributed by atoms with van der Waals surface area (Å²) in [7, 11) is 3.55. The minimum absolute atomic E-state index is 0.363. The average Bonchev–Trinajstić information content (AvgIpc) is 3.57. The lowest BCUT2D eigenvalue weighted by atomic mass is 9.98. The number of nitrogens with zero attached hydrogens (tertiary/aromatic N) is 6. The number of rotatable bonds is 4. The number of benzene rings is 2. The van der Waals surface area contributed by atoms with E-state index >= 15 is 0 Å². The predicted octanol–water partition coefficient (Wildman–Crippen LogP) is 6.20. The largest absolute Gasteiger partial charge is 0.364 e. The molecule has 0 aliphatic heterocycles. The maximum Gasteiger partial charge on any atom is 0.176 e. The third-order valence-electron chi connectivity index (χ3n) is 5.48. The van der Waals surface area contributed by atoms with Gasteiger partial charge in [0.05, 0.1) is 6.20 Å². The van der Waals surface area contributed by atoms with Gasteiger partial charge in [-0.05, 0) is 36.8 Å². The molecule has 0 saturated heterocycles. The van der Waals surface area contributed by atoms with Crippen molar-refractivity contribution in [3.63, 3.8) is 0 Å². The van der Waals surface area contributed by atoms with Crippen LogP contribution < -0.4 is 10.9 Å². The summed E-state index contributed by atoms with van der Waals surface area (Å²) in [6.45, 7) is 8.06. The van der Waals surface area contributed by atoms with Gasteiger partial charge in [0, 0.05) is 53.6 Å². The van der Waals surface area contributed by atoms with Crippen LogP contribution in [0.15, 0.2) is 95.0 Å². The highest BCUT2D eigenvalue weighted by atomic mass is 35.5. The minimum Gasteiger partial charge on any atom is -0.364 e. The first-order chi connectivity index (χ1) is 20.0. The average molecular weight is 570 g/mol. The third-order valence-corrected chi connectivity index (χ3v) is 5.74. The zero-order chi connectivity index (χ0) is 30.2. The second-order valence-electron chi connectivity index (χ2n) is 8.02. The molecule has 41 heavy (non-hydrogen) atoms. The molecule has 0 atom stereocenters. The topological polar surface area (TPSA) is 122 Å². The lowest BCUT2D eigenvalue weighted by molar-refractivity contribution is -0.0980. The van der Waals surface area contributed by atoms with E-state index in [-0.39, 0.29) is 0 Å². The van der Waals surface area contributed by atoms with Crippen molar-refractivity contribution >= 4 is 18.4 Å². The van der Waals surface area contributed by atoms with E-state index in [1.807, 2.05) is 82.3 Å². The van der Waals surface area contributed by atoms with E-state index in [0.29, 0.717) is 16.2 Å². The zero-order valence-electron chi connectivity index (χ0n) is 23.7. The molecule has 0 saturated carbocycles. The van der Waals surface area contributed by atoms with Gasteiger partial charge in [0.25, 0.3) is 0 Å². The molecular formula is C31H32ClN7O2. The Bertz CT molecular complexity index is 1590. The van der Waals surface area contributed by atoms with E-state index in [9.17, 15) is 0 Å². The first-order valence-corrected chi connectivity index (χ1v) is 13.0. The normalized spacial score (nSPS) is 10.0. The SMILES string of the molecule is C=O.CC.CN/N=c1/c(-c2ccc(C#N)nc2)c(-c2ccc(Cl)cc2)cnn1C.Cc1ccc(-c2ccon2)cc1. The number of carbonyl (C=O) groups excluding carboxylic acids is 1. The second-order valence-corrected chi connectivity index (χ2v) is 8.45. The number of hydrogen-bond acceptors (Lipinski definition) is 8. The van der Waals surface area contributed by atoms with Crippen LogP contribution in [0.2, 0.25) is 5.02 Å². The van der Waals surface area contributed by atoms with Gasteiger partial charge in [0.1, 0.15) is 30.5 Å². The van der Waals surface area contributed by atoms with Gasteiger partial charge in [0.15, 0.2) is 5.49 Å². The van der Waals surface area contributed by atoms with E-state index in [1.165, 1.54) is 5.56 Å². The summed E-state index contributed by atoms with van der Waals surface area (Å²) < 4.78 is 6.43. The zero-order valence-corrected chi connectivity index (χ0v) is 24.4. The highest BCUT2D eigenvalue weighted by Crippen LogP contribution is 2.29. The van der Waals surface area contributed by atoms with Crippen molar-refractivity contribution in [2.24, 2.45) is 12.1 Å². The van der Waals surface area contributed by atoms with Crippen molar-refractivity contribution < 1.29 is 9.32 Å². The molecular weight excluding hydrogens is 538 g/mol. The van der Waals surface area contributed by atoms with E-state index in [1.54, 1.807) is 36.5 Å². The molecule has 0 bridgehead atoms. The van der Waals surface area contributed by atoms with Crippen molar-refractivity contribution in [1.29, 1.82) is 5.26 Å². The van der Waals surface area contributed by atoms with Crippen LogP contribution >= 0.6 is 11.6 Å². The number of halogens is 1. The summed E-state index contributed by atoms with van der Waals surface area (Å²) in [6, 6.07) is 23.1. The van der Waals surface area contributed by atoms with E-state index in [4.69, 9.17) is 26.2 Å². The van der Waals surface area contributed by atoms with Crippen molar-refractivity contribution in [2.75, 3.05) is 7.05 Å². The van der Waals surface area contributed by atoms with Crippen LogP contribution in [0, 0.1) is 18.3 Å². The summed E-state index contributed by atoms with van der Waals surface area (Å²) in [6.07, 6.45) is 5.03. The maximum absolute atomic E-state index is 8.97. The Hall–Kier alpha value is -5.07. The highest BCUT2D eigenvalue weighted by molar-refractivity contribution is 6.30. The fourth-order valence-corrected chi connectivity index (χ4v) is 3.73.